The minimum absolute atomic E-state index is 0.110. The normalized spacial score (nSPS) is 14.3. The van der Waals surface area contributed by atoms with Crippen molar-refractivity contribution in [2.24, 2.45) is 0 Å². The van der Waals surface area contributed by atoms with Crippen LogP contribution in [0.3, 0.4) is 0 Å². The van der Waals surface area contributed by atoms with Gasteiger partial charge in [-0.2, -0.15) is 0 Å². The number of rotatable bonds is 28. The molecule has 0 spiro atoms. The summed E-state index contributed by atoms with van der Waals surface area (Å²) in [4.78, 5) is 0. The van der Waals surface area contributed by atoms with Crippen LogP contribution in [0, 0.1) is 0 Å². The topological polar surface area (TPSA) is 64.6 Å². The molecule has 0 rings (SSSR count). The van der Waals surface area contributed by atoms with E-state index in [-0.39, 0.29) is 25.8 Å². The molecule has 0 aromatic rings. The van der Waals surface area contributed by atoms with Gasteiger partial charge in [-0.3, -0.25) is 0 Å². The number of hydrogen-bond donors (Lipinski definition) is 0. The summed E-state index contributed by atoms with van der Waals surface area (Å²) in [5.41, 5.74) is 0. The van der Waals surface area contributed by atoms with Gasteiger partial charge in [-0.1, -0.05) is 66.2 Å². The lowest BCUT2D eigenvalue weighted by Gasteiger charge is -2.40. The molecule has 2 unspecified atom stereocenters. The second-order valence-electron chi connectivity index (χ2n) is 9.54. The Balaban J connectivity index is 5.09. The van der Waals surface area contributed by atoms with Gasteiger partial charge >= 0.3 is 0 Å². The molecule has 0 radical (unpaired) electrons. The molecule has 2 atom stereocenters. The Kier molecular flexibility index (Phi) is 23.4. The molecule has 0 aromatic carbocycles. The highest BCUT2D eigenvalue weighted by atomic mass is 16.8. The van der Waals surface area contributed by atoms with Crippen molar-refractivity contribution in [3.63, 3.8) is 0 Å². The van der Waals surface area contributed by atoms with Crippen LogP contribution in [-0.4, -0.2) is 63.8 Å². The van der Waals surface area contributed by atoms with Gasteiger partial charge in [0, 0.05) is 39.3 Å². The lowest BCUT2D eigenvalue weighted by molar-refractivity contribution is -0.321. The summed E-state index contributed by atoms with van der Waals surface area (Å²) in [6.45, 7) is 19.2. The first-order chi connectivity index (χ1) is 18.0. The van der Waals surface area contributed by atoms with Gasteiger partial charge in [-0.05, 0) is 53.4 Å². The van der Waals surface area contributed by atoms with Gasteiger partial charge in [0.2, 0.25) is 0 Å². The largest absolute Gasteiger partial charge is 0.348 e. The molecule has 0 aliphatic rings. The van der Waals surface area contributed by atoms with Crippen molar-refractivity contribution in [2.75, 3.05) is 40.0 Å². The number of ether oxygens (including phenoxy) is 7. The van der Waals surface area contributed by atoms with E-state index in [0.717, 1.165) is 51.4 Å². The van der Waals surface area contributed by atoms with Gasteiger partial charge in [0.15, 0.2) is 11.6 Å². The van der Waals surface area contributed by atoms with Gasteiger partial charge in [0.25, 0.3) is 0 Å². The van der Waals surface area contributed by atoms with Gasteiger partial charge in [0.1, 0.15) is 25.8 Å². The number of unbranched alkanes of at least 4 members (excludes halogenated alkanes) is 6. The Hall–Kier alpha value is -0.280. The van der Waals surface area contributed by atoms with E-state index in [1.165, 1.54) is 25.7 Å². The average molecular weight is 535 g/mol. The van der Waals surface area contributed by atoms with Crippen LogP contribution in [-0.2, 0) is 33.2 Å². The van der Waals surface area contributed by atoms with Gasteiger partial charge in [0.05, 0.1) is 0 Å². The van der Waals surface area contributed by atoms with Crippen LogP contribution in [0.15, 0.2) is 0 Å². The third-order valence-corrected chi connectivity index (χ3v) is 6.74. The molecule has 0 aliphatic heterocycles. The maximum atomic E-state index is 6.20. The summed E-state index contributed by atoms with van der Waals surface area (Å²) in [7, 11) is 0. The summed E-state index contributed by atoms with van der Waals surface area (Å²) < 4.78 is 43.0. The molecule has 0 amide bonds. The van der Waals surface area contributed by atoms with Crippen molar-refractivity contribution in [1.82, 2.24) is 0 Å². The van der Waals surface area contributed by atoms with Crippen molar-refractivity contribution >= 4 is 0 Å². The van der Waals surface area contributed by atoms with Crippen LogP contribution in [0.25, 0.3) is 0 Å². The van der Waals surface area contributed by atoms with E-state index < -0.39 is 11.6 Å². The van der Waals surface area contributed by atoms with Crippen LogP contribution >= 0.6 is 0 Å². The van der Waals surface area contributed by atoms with Crippen LogP contribution in [0.5, 0.6) is 0 Å². The lowest BCUT2D eigenvalue weighted by atomic mass is 9.99. The Morgan fingerprint density at radius 3 is 1.08 bits per heavy atom. The quantitative estimate of drug-likeness (QED) is 0.0744. The van der Waals surface area contributed by atoms with E-state index in [1.807, 2.05) is 27.7 Å². The summed E-state index contributed by atoms with van der Waals surface area (Å²) in [6.07, 6.45) is 12.0. The Bertz CT molecular complexity index is 435. The standard InChI is InChI=1S/C30H62O7/c1-9-17-19-21-23-29(34-13-5,35-14-6)27(11-3)32-25-31-26-33-28(12-4)30(36-15-7,37-16-8)24-22-20-18-10-2/h27-28H,9-26H2,1-8H3. The summed E-state index contributed by atoms with van der Waals surface area (Å²) >= 11 is 0. The smallest absolute Gasteiger partial charge is 0.194 e. The van der Waals surface area contributed by atoms with Crippen LogP contribution in [0.2, 0.25) is 0 Å². The molecule has 0 saturated carbocycles. The second kappa shape index (κ2) is 23.6. The molecule has 224 valence electrons. The summed E-state index contributed by atoms with van der Waals surface area (Å²) in [5.74, 6) is -1.50. The highest BCUT2D eigenvalue weighted by Crippen LogP contribution is 2.32. The Morgan fingerprint density at radius 1 is 0.459 bits per heavy atom. The van der Waals surface area contributed by atoms with Crippen molar-refractivity contribution in [1.29, 1.82) is 0 Å². The second-order valence-corrected chi connectivity index (χ2v) is 9.54. The minimum Gasteiger partial charge on any atom is -0.348 e. The molecule has 7 nitrogen and oxygen atoms in total. The minimum atomic E-state index is -0.750. The molecule has 0 heterocycles. The maximum absolute atomic E-state index is 6.20. The van der Waals surface area contributed by atoms with Crippen molar-refractivity contribution in [3.8, 4) is 0 Å². The van der Waals surface area contributed by atoms with E-state index >= 15 is 0 Å². The van der Waals surface area contributed by atoms with Gasteiger partial charge in [-0.25, -0.2) is 0 Å². The monoisotopic (exact) mass is 534 g/mol. The average Bonchev–Trinajstić information content (AvgIpc) is 2.89. The van der Waals surface area contributed by atoms with E-state index in [0.29, 0.717) is 26.4 Å². The van der Waals surface area contributed by atoms with E-state index in [4.69, 9.17) is 33.2 Å². The fourth-order valence-electron chi connectivity index (χ4n) is 5.05. The molecule has 0 N–H and O–H groups in total. The van der Waals surface area contributed by atoms with Crippen LogP contribution < -0.4 is 0 Å². The van der Waals surface area contributed by atoms with Crippen molar-refractivity contribution < 1.29 is 33.2 Å². The fourth-order valence-corrected chi connectivity index (χ4v) is 5.05. The first kappa shape index (κ1) is 36.7. The molecule has 37 heavy (non-hydrogen) atoms. The molecular formula is C30H62O7. The zero-order valence-corrected chi connectivity index (χ0v) is 25.7. The van der Waals surface area contributed by atoms with Gasteiger partial charge < -0.3 is 33.2 Å². The Morgan fingerprint density at radius 2 is 0.811 bits per heavy atom. The van der Waals surface area contributed by atoms with Crippen molar-refractivity contribution in [2.45, 2.75) is 156 Å². The van der Waals surface area contributed by atoms with Gasteiger partial charge in [-0.15, -0.1) is 0 Å². The first-order valence-electron chi connectivity index (χ1n) is 15.4. The molecule has 0 fully saturated rings. The molecule has 0 bridgehead atoms. The molecule has 0 aromatic heterocycles. The SMILES string of the molecule is CCCCCCC(OCC)(OCC)C(CC)OCOCOC(CC)C(CCCCCC)(OCC)OCC. The molecular weight excluding hydrogens is 472 g/mol. The molecule has 0 saturated heterocycles. The number of hydrogen-bond acceptors (Lipinski definition) is 7. The third-order valence-electron chi connectivity index (χ3n) is 6.74. The van der Waals surface area contributed by atoms with E-state index in [9.17, 15) is 0 Å². The molecule has 7 heteroatoms. The van der Waals surface area contributed by atoms with Crippen LogP contribution in [0.1, 0.15) is 132 Å². The van der Waals surface area contributed by atoms with E-state index in [1.54, 1.807) is 0 Å². The Labute approximate surface area is 229 Å². The summed E-state index contributed by atoms with van der Waals surface area (Å²) in [5, 5.41) is 0. The first-order valence-corrected chi connectivity index (χ1v) is 15.4. The van der Waals surface area contributed by atoms with Crippen LogP contribution in [0.4, 0.5) is 0 Å². The molecule has 0 aliphatic carbocycles. The van der Waals surface area contributed by atoms with Crippen molar-refractivity contribution in [3.05, 3.63) is 0 Å². The highest BCUT2D eigenvalue weighted by Gasteiger charge is 2.41. The summed E-state index contributed by atoms with van der Waals surface area (Å²) in [6, 6.07) is 0. The fraction of sp³-hybridized carbons (Fsp3) is 1.00. The highest BCUT2D eigenvalue weighted by molar-refractivity contribution is 4.82. The predicted molar refractivity (Wildman–Crippen MR) is 151 cm³/mol. The lowest BCUT2D eigenvalue weighted by Crippen LogP contribution is -2.49. The predicted octanol–water partition coefficient (Wildman–Crippen LogP) is 7.99. The zero-order valence-electron chi connectivity index (χ0n) is 25.7. The van der Waals surface area contributed by atoms with E-state index in [2.05, 4.69) is 27.7 Å². The third kappa shape index (κ3) is 14.1. The zero-order chi connectivity index (χ0) is 27.8. The maximum Gasteiger partial charge on any atom is 0.194 e.